The SMILES string of the molecule is Nc1nc(-c2cc(F)cc(F)c2)no1. The van der Waals surface area contributed by atoms with Crippen LogP contribution >= 0.6 is 0 Å². The van der Waals surface area contributed by atoms with Gasteiger partial charge in [-0.2, -0.15) is 4.98 Å². The molecule has 14 heavy (non-hydrogen) atoms. The number of anilines is 1. The molecule has 72 valence electrons. The Morgan fingerprint density at radius 1 is 1.14 bits per heavy atom. The summed E-state index contributed by atoms with van der Waals surface area (Å²) in [6.45, 7) is 0. The summed E-state index contributed by atoms with van der Waals surface area (Å²) in [5.41, 5.74) is 5.35. The number of hydrogen-bond acceptors (Lipinski definition) is 4. The summed E-state index contributed by atoms with van der Waals surface area (Å²) in [5.74, 6) is -1.35. The van der Waals surface area contributed by atoms with Crippen LogP contribution in [0.4, 0.5) is 14.8 Å². The van der Waals surface area contributed by atoms with E-state index in [4.69, 9.17) is 5.73 Å². The summed E-state index contributed by atoms with van der Waals surface area (Å²) < 4.78 is 30.0. The van der Waals surface area contributed by atoms with Crippen molar-refractivity contribution in [2.45, 2.75) is 0 Å². The van der Waals surface area contributed by atoms with Crippen LogP contribution in [0, 0.1) is 11.6 Å². The molecule has 0 atom stereocenters. The summed E-state index contributed by atoms with van der Waals surface area (Å²) in [6, 6.07) is 2.79. The standard InChI is InChI=1S/C8H5F2N3O/c9-5-1-4(2-6(10)3-5)7-12-8(11)14-13-7/h1-3H,(H2,11,12,13). The van der Waals surface area contributed by atoms with Crippen molar-refractivity contribution < 1.29 is 13.3 Å². The molecule has 0 saturated carbocycles. The first-order valence-electron chi connectivity index (χ1n) is 3.71. The van der Waals surface area contributed by atoms with E-state index in [9.17, 15) is 8.78 Å². The number of nitrogens with two attached hydrogens (primary N) is 1. The molecule has 0 spiro atoms. The van der Waals surface area contributed by atoms with Crippen LogP contribution in [0.1, 0.15) is 0 Å². The zero-order chi connectivity index (χ0) is 10.1. The molecule has 0 aliphatic rings. The van der Waals surface area contributed by atoms with Crippen LogP contribution in [-0.2, 0) is 0 Å². The normalized spacial score (nSPS) is 10.4. The van der Waals surface area contributed by atoms with Crippen LogP contribution in [0.5, 0.6) is 0 Å². The second-order valence-corrected chi connectivity index (χ2v) is 2.61. The molecule has 0 aliphatic heterocycles. The van der Waals surface area contributed by atoms with Crippen molar-refractivity contribution in [2.75, 3.05) is 5.73 Å². The highest BCUT2D eigenvalue weighted by molar-refractivity contribution is 5.55. The van der Waals surface area contributed by atoms with Gasteiger partial charge in [0.25, 0.3) is 0 Å². The molecule has 2 rings (SSSR count). The van der Waals surface area contributed by atoms with Gasteiger partial charge in [0.15, 0.2) is 0 Å². The minimum atomic E-state index is -0.705. The maximum absolute atomic E-state index is 12.8. The monoisotopic (exact) mass is 197 g/mol. The number of nitrogen functional groups attached to an aromatic ring is 1. The minimum absolute atomic E-state index is 0.0564. The first kappa shape index (κ1) is 8.61. The van der Waals surface area contributed by atoms with Crippen LogP contribution in [-0.4, -0.2) is 10.1 Å². The Hall–Kier alpha value is -1.98. The van der Waals surface area contributed by atoms with Crippen LogP contribution in [0.15, 0.2) is 22.7 Å². The lowest BCUT2D eigenvalue weighted by Crippen LogP contribution is -1.87. The molecule has 0 saturated heterocycles. The summed E-state index contributed by atoms with van der Waals surface area (Å²) in [5, 5.41) is 3.42. The topological polar surface area (TPSA) is 64.9 Å². The van der Waals surface area contributed by atoms with Crippen LogP contribution < -0.4 is 5.73 Å². The maximum atomic E-state index is 12.8. The van der Waals surface area contributed by atoms with Gasteiger partial charge in [0.2, 0.25) is 5.82 Å². The van der Waals surface area contributed by atoms with E-state index >= 15 is 0 Å². The molecule has 0 bridgehead atoms. The molecule has 0 radical (unpaired) electrons. The van der Waals surface area contributed by atoms with E-state index in [1.807, 2.05) is 0 Å². The van der Waals surface area contributed by atoms with Gasteiger partial charge in [-0.15, -0.1) is 0 Å². The molecule has 1 aromatic carbocycles. The van der Waals surface area contributed by atoms with Gasteiger partial charge in [-0.25, -0.2) is 8.78 Å². The maximum Gasteiger partial charge on any atom is 0.319 e. The molecular weight excluding hydrogens is 192 g/mol. The molecule has 0 amide bonds. The lowest BCUT2D eigenvalue weighted by molar-refractivity contribution is 0.437. The third-order valence-corrected chi connectivity index (χ3v) is 1.56. The predicted octanol–water partition coefficient (Wildman–Crippen LogP) is 1.60. The van der Waals surface area contributed by atoms with Gasteiger partial charge >= 0.3 is 6.01 Å². The fourth-order valence-corrected chi connectivity index (χ4v) is 1.04. The second-order valence-electron chi connectivity index (χ2n) is 2.61. The predicted molar refractivity (Wildman–Crippen MR) is 44.1 cm³/mol. The molecule has 4 nitrogen and oxygen atoms in total. The Bertz CT molecular complexity index is 449. The van der Waals surface area contributed by atoms with Crippen molar-refractivity contribution >= 4 is 6.01 Å². The van der Waals surface area contributed by atoms with E-state index in [1.54, 1.807) is 0 Å². The molecule has 0 aliphatic carbocycles. The van der Waals surface area contributed by atoms with Gasteiger partial charge in [-0.3, -0.25) is 0 Å². The Morgan fingerprint density at radius 2 is 1.79 bits per heavy atom. The van der Waals surface area contributed by atoms with Gasteiger partial charge in [-0.05, 0) is 12.1 Å². The van der Waals surface area contributed by atoms with Crippen molar-refractivity contribution in [3.63, 3.8) is 0 Å². The summed E-state index contributed by atoms with van der Waals surface area (Å²) in [6.07, 6.45) is 0. The number of hydrogen-bond donors (Lipinski definition) is 1. The Balaban J connectivity index is 2.51. The zero-order valence-electron chi connectivity index (χ0n) is 6.87. The largest absolute Gasteiger partial charge is 0.351 e. The van der Waals surface area contributed by atoms with Crippen LogP contribution in [0.2, 0.25) is 0 Å². The quantitative estimate of drug-likeness (QED) is 0.753. The summed E-state index contributed by atoms with van der Waals surface area (Å²) in [7, 11) is 0. The van der Waals surface area contributed by atoms with Crippen molar-refractivity contribution in [1.82, 2.24) is 10.1 Å². The first-order valence-corrected chi connectivity index (χ1v) is 3.71. The summed E-state index contributed by atoms with van der Waals surface area (Å²) in [4.78, 5) is 3.63. The van der Waals surface area contributed by atoms with Gasteiger partial charge in [0.1, 0.15) is 11.6 Å². The first-order chi connectivity index (χ1) is 6.65. The fraction of sp³-hybridized carbons (Fsp3) is 0. The lowest BCUT2D eigenvalue weighted by atomic mass is 10.2. The number of aromatic nitrogens is 2. The van der Waals surface area contributed by atoms with E-state index < -0.39 is 11.6 Å². The number of nitrogens with zero attached hydrogens (tertiary/aromatic N) is 2. The molecule has 0 fully saturated rings. The van der Waals surface area contributed by atoms with E-state index in [0.29, 0.717) is 0 Å². The van der Waals surface area contributed by atoms with E-state index in [1.165, 1.54) is 0 Å². The molecule has 6 heteroatoms. The Kier molecular flexibility index (Phi) is 1.88. The van der Waals surface area contributed by atoms with Crippen molar-refractivity contribution in [1.29, 1.82) is 0 Å². The van der Waals surface area contributed by atoms with Gasteiger partial charge in [0, 0.05) is 11.6 Å². The minimum Gasteiger partial charge on any atom is -0.351 e. The molecule has 2 aromatic rings. The van der Waals surface area contributed by atoms with Gasteiger partial charge in [0.05, 0.1) is 0 Å². The number of halogens is 2. The summed E-state index contributed by atoms with van der Waals surface area (Å²) >= 11 is 0. The molecule has 0 unspecified atom stereocenters. The zero-order valence-corrected chi connectivity index (χ0v) is 6.87. The Labute approximate surface area is 77.3 Å². The third kappa shape index (κ3) is 1.54. The van der Waals surface area contributed by atoms with Crippen molar-refractivity contribution in [2.24, 2.45) is 0 Å². The highest BCUT2D eigenvalue weighted by atomic mass is 19.1. The van der Waals surface area contributed by atoms with Crippen LogP contribution in [0.3, 0.4) is 0 Å². The van der Waals surface area contributed by atoms with E-state index in [0.717, 1.165) is 18.2 Å². The van der Waals surface area contributed by atoms with Gasteiger partial charge < -0.3 is 10.3 Å². The molecule has 1 heterocycles. The number of rotatable bonds is 1. The smallest absolute Gasteiger partial charge is 0.319 e. The average molecular weight is 197 g/mol. The second kappa shape index (κ2) is 3.06. The highest BCUT2D eigenvalue weighted by Gasteiger charge is 2.08. The number of benzene rings is 1. The molecule has 1 aromatic heterocycles. The van der Waals surface area contributed by atoms with Crippen molar-refractivity contribution in [3.05, 3.63) is 29.8 Å². The van der Waals surface area contributed by atoms with Crippen LogP contribution in [0.25, 0.3) is 11.4 Å². The van der Waals surface area contributed by atoms with E-state index in [-0.39, 0.29) is 17.4 Å². The van der Waals surface area contributed by atoms with E-state index in [2.05, 4.69) is 14.7 Å². The fourth-order valence-electron chi connectivity index (χ4n) is 1.04. The lowest BCUT2D eigenvalue weighted by Gasteiger charge is -1.94. The van der Waals surface area contributed by atoms with Gasteiger partial charge in [-0.1, -0.05) is 5.16 Å². The average Bonchev–Trinajstić information content (AvgIpc) is 2.50. The third-order valence-electron chi connectivity index (χ3n) is 1.56. The van der Waals surface area contributed by atoms with Crippen molar-refractivity contribution in [3.8, 4) is 11.4 Å². The molecule has 2 N–H and O–H groups in total. The highest BCUT2D eigenvalue weighted by Crippen LogP contribution is 2.18. The Morgan fingerprint density at radius 3 is 2.29 bits per heavy atom. The molecular formula is C8H5F2N3O.